The van der Waals surface area contributed by atoms with Crippen molar-refractivity contribution in [2.24, 2.45) is 0 Å². The van der Waals surface area contributed by atoms with Gasteiger partial charge in [-0.15, -0.1) is 0 Å². The Bertz CT molecular complexity index is 636. The highest BCUT2D eigenvalue weighted by molar-refractivity contribution is 7.89. The normalized spacial score (nSPS) is 11.7. The van der Waals surface area contributed by atoms with Gasteiger partial charge in [0.15, 0.2) is 0 Å². The van der Waals surface area contributed by atoms with Gasteiger partial charge >= 0.3 is 0 Å². The molecule has 0 fully saturated rings. The standard InChI is InChI=1S/C12H16N4O2S/c1-16(2)19(17,18)12-5-3-4-10(8-12)13-9-11-6-7-14-15-11/h3-8,13H,9H2,1-2H3,(H,14,15). The summed E-state index contributed by atoms with van der Waals surface area (Å²) in [6.45, 7) is 0.561. The Hall–Kier alpha value is -1.86. The third-order valence-corrected chi connectivity index (χ3v) is 4.47. The molecule has 6 nitrogen and oxygen atoms in total. The molecule has 1 aromatic heterocycles. The lowest BCUT2D eigenvalue weighted by atomic mass is 10.3. The molecule has 1 aromatic carbocycles. The number of hydrogen-bond acceptors (Lipinski definition) is 4. The summed E-state index contributed by atoms with van der Waals surface area (Å²) < 4.78 is 25.2. The Morgan fingerprint density at radius 3 is 2.74 bits per heavy atom. The van der Waals surface area contributed by atoms with Crippen LogP contribution in [0.1, 0.15) is 5.69 Å². The average Bonchev–Trinajstić information content (AvgIpc) is 2.89. The fraction of sp³-hybridized carbons (Fsp3) is 0.250. The van der Waals surface area contributed by atoms with Crippen LogP contribution in [0.4, 0.5) is 5.69 Å². The highest BCUT2D eigenvalue weighted by Crippen LogP contribution is 2.18. The van der Waals surface area contributed by atoms with Crippen molar-refractivity contribution >= 4 is 15.7 Å². The predicted molar refractivity (Wildman–Crippen MR) is 73.2 cm³/mol. The zero-order valence-corrected chi connectivity index (χ0v) is 11.6. The number of H-pyrrole nitrogens is 1. The molecule has 0 saturated carbocycles. The van der Waals surface area contributed by atoms with Crippen LogP contribution >= 0.6 is 0 Å². The number of nitrogens with one attached hydrogen (secondary N) is 2. The van der Waals surface area contributed by atoms with E-state index < -0.39 is 10.0 Å². The summed E-state index contributed by atoms with van der Waals surface area (Å²) in [4.78, 5) is 0.270. The zero-order valence-electron chi connectivity index (χ0n) is 10.8. The molecule has 19 heavy (non-hydrogen) atoms. The van der Waals surface area contributed by atoms with E-state index in [-0.39, 0.29) is 4.90 Å². The van der Waals surface area contributed by atoms with E-state index in [2.05, 4.69) is 15.5 Å². The molecule has 2 aromatic rings. The maximum atomic E-state index is 12.0. The molecule has 1 heterocycles. The van der Waals surface area contributed by atoms with Gasteiger partial charge in [-0.1, -0.05) is 6.07 Å². The van der Waals surface area contributed by atoms with Crippen LogP contribution < -0.4 is 5.32 Å². The minimum absolute atomic E-state index is 0.270. The molecule has 2 rings (SSSR count). The molecule has 0 unspecified atom stereocenters. The fourth-order valence-electron chi connectivity index (χ4n) is 1.56. The molecule has 0 spiro atoms. The first-order chi connectivity index (χ1) is 9.00. The molecule has 0 aliphatic heterocycles. The first kappa shape index (κ1) is 13.6. The molecule has 0 saturated heterocycles. The summed E-state index contributed by atoms with van der Waals surface area (Å²) in [5.74, 6) is 0. The first-order valence-corrected chi connectivity index (χ1v) is 7.19. The summed E-state index contributed by atoms with van der Waals surface area (Å²) >= 11 is 0. The zero-order chi connectivity index (χ0) is 13.9. The molecule has 2 N–H and O–H groups in total. The monoisotopic (exact) mass is 280 g/mol. The number of aromatic amines is 1. The van der Waals surface area contributed by atoms with E-state index in [4.69, 9.17) is 0 Å². The van der Waals surface area contributed by atoms with Crippen molar-refractivity contribution in [2.45, 2.75) is 11.4 Å². The molecule has 0 aliphatic rings. The lowest BCUT2D eigenvalue weighted by Crippen LogP contribution is -2.22. The molecule has 0 amide bonds. The number of hydrogen-bond donors (Lipinski definition) is 2. The Balaban J connectivity index is 2.16. The van der Waals surface area contributed by atoms with E-state index >= 15 is 0 Å². The van der Waals surface area contributed by atoms with Crippen LogP contribution in [0.3, 0.4) is 0 Å². The second-order valence-electron chi connectivity index (χ2n) is 4.25. The smallest absolute Gasteiger partial charge is 0.242 e. The highest BCUT2D eigenvalue weighted by atomic mass is 32.2. The molecule has 7 heteroatoms. The summed E-state index contributed by atoms with van der Waals surface area (Å²) in [5.41, 5.74) is 1.68. The molecule has 0 radical (unpaired) electrons. The van der Waals surface area contributed by atoms with Crippen molar-refractivity contribution in [1.82, 2.24) is 14.5 Å². The van der Waals surface area contributed by atoms with Crippen molar-refractivity contribution in [3.63, 3.8) is 0 Å². The van der Waals surface area contributed by atoms with E-state index in [1.165, 1.54) is 18.4 Å². The lowest BCUT2D eigenvalue weighted by Gasteiger charge is -2.12. The fourth-order valence-corrected chi connectivity index (χ4v) is 2.51. The summed E-state index contributed by atoms with van der Waals surface area (Å²) in [5, 5.41) is 9.82. The summed E-state index contributed by atoms with van der Waals surface area (Å²) in [6.07, 6.45) is 1.67. The summed E-state index contributed by atoms with van der Waals surface area (Å²) in [7, 11) is -0.370. The second kappa shape index (κ2) is 5.41. The van der Waals surface area contributed by atoms with Crippen LogP contribution in [0, 0.1) is 0 Å². The Morgan fingerprint density at radius 1 is 1.32 bits per heavy atom. The van der Waals surface area contributed by atoms with Crippen molar-refractivity contribution in [3.05, 3.63) is 42.2 Å². The molecular formula is C12H16N4O2S. The second-order valence-corrected chi connectivity index (χ2v) is 6.40. The van der Waals surface area contributed by atoms with Crippen LogP contribution in [0.5, 0.6) is 0 Å². The van der Waals surface area contributed by atoms with Crippen LogP contribution in [-0.2, 0) is 16.6 Å². The van der Waals surface area contributed by atoms with Gasteiger partial charge in [-0.05, 0) is 24.3 Å². The lowest BCUT2D eigenvalue weighted by molar-refractivity contribution is 0.521. The van der Waals surface area contributed by atoms with Gasteiger partial charge in [-0.25, -0.2) is 12.7 Å². The number of sulfonamides is 1. The third-order valence-electron chi connectivity index (χ3n) is 2.65. The molecule has 0 aliphatic carbocycles. The van der Waals surface area contributed by atoms with E-state index in [0.29, 0.717) is 6.54 Å². The minimum Gasteiger partial charge on any atom is -0.379 e. The van der Waals surface area contributed by atoms with Gasteiger partial charge in [-0.3, -0.25) is 5.10 Å². The number of nitrogens with zero attached hydrogens (tertiary/aromatic N) is 2. The topological polar surface area (TPSA) is 78.1 Å². The molecule has 102 valence electrons. The first-order valence-electron chi connectivity index (χ1n) is 5.75. The molecule has 0 bridgehead atoms. The van der Waals surface area contributed by atoms with Crippen LogP contribution in [-0.4, -0.2) is 37.0 Å². The quantitative estimate of drug-likeness (QED) is 0.864. The van der Waals surface area contributed by atoms with Crippen LogP contribution in [0.25, 0.3) is 0 Å². The number of benzene rings is 1. The van der Waals surface area contributed by atoms with E-state index in [0.717, 1.165) is 11.4 Å². The van der Waals surface area contributed by atoms with E-state index in [1.807, 2.05) is 12.1 Å². The van der Waals surface area contributed by atoms with Gasteiger partial charge in [-0.2, -0.15) is 5.10 Å². The van der Waals surface area contributed by atoms with Gasteiger partial charge in [0.1, 0.15) is 0 Å². The maximum absolute atomic E-state index is 12.0. The SMILES string of the molecule is CN(C)S(=O)(=O)c1cccc(NCc2ccn[nH]2)c1. The van der Waals surface area contributed by atoms with Crippen LogP contribution in [0.15, 0.2) is 41.4 Å². The third kappa shape index (κ3) is 3.12. The van der Waals surface area contributed by atoms with Crippen molar-refractivity contribution in [2.75, 3.05) is 19.4 Å². The van der Waals surface area contributed by atoms with Crippen LogP contribution in [0.2, 0.25) is 0 Å². The van der Waals surface area contributed by atoms with Gasteiger partial charge in [0.2, 0.25) is 10.0 Å². The minimum atomic E-state index is -3.40. The van der Waals surface area contributed by atoms with E-state index in [9.17, 15) is 8.42 Å². The predicted octanol–water partition coefficient (Wildman–Crippen LogP) is 1.27. The average molecular weight is 280 g/mol. The Kier molecular flexibility index (Phi) is 3.87. The molecular weight excluding hydrogens is 264 g/mol. The van der Waals surface area contributed by atoms with Crippen molar-refractivity contribution in [1.29, 1.82) is 0 Å². The summed E-state index contributed by atoms with van der Waals surface area (Å²) in [6, 6.07) is 8.59. The number of anilines is 1. The highest BCUT2D eigenvalue weighted by Gasteiger charge is 2.16. The van der Waals surface area contributed by atoms with Crippen molar-refractivity contribution in [3.8, 4) is 0 Å². The Morgan fingerprint density at radius 2 is 2.11 bits per heavy atom. The maximum Gasteiger partial charge on any atom is 0.242 e. The number of aromatic nitrogens is 2. The Labute approximate surface area is 112 Å². The van der Waals surface area contributed by atoms with Gasteiger partial charge in [0.25, 0.3) is 0 Å². The van der Waals surface area contributed by atoms with Gasteiger partial charge in [0.05, 0.1) is 17.1 Å². The van der Waals surface area contributed by atoms with E-state index in [1.54, 1.807) is 24.4 Å². The molecule has 0 atom stereocenters. The van der Waals surface area contributed by atoms with Crippen molar-refractivity contribution < 1.29 is 8.42 Å². The largest absolute Gasteiger partial charge is 0.379 e. The van der Waals surface area contributed by atoms with Gasteiger partial charge in [0, 0.05) is 26.0 Å². The van der Waals surface area contributed by atoms with Gasteiger partial charge < -0.3 is 5.32 Å². The number of rotatable bonds is 5.